The molecule has 0 bridgehead atoms. The van der Waals surface area contributed by atoms with Gasteiger partial charge in [-0.15, -0.1) is 0 Å². The van der Waals surface area contributed by atoms with E-state index in [0.717, 1.165) is 11.8 Å². The Labute approximate surface area is 169 Å². The lowest BCUT2D eigenvalue weighted by Crippen LogP contribution is -2.32. The lowest BCUT2D eigenvalue weighted by Gasteiger charge is -2.34. The van der Waals surface area contributed by atoms with Crippen molar-refractivity contribution in [3.8, 4) is 17.3 Å². The molecule has 0 radical (unpaired) electrons. The zero-order valence-corrected chi connectivity index (χ0v) is 15.6. The van der Waals surface area contributed by atoms with Crippen LogP contribution >= 0.6 is 0 Å². The van der Waals surface area contributed by atoms with Crippen molar-refractivity contribution in [1.82, 2.24) is 19.3 Å². The maximum atomic E-state index is 14.1. The van der Waals surface area contributed by atoms with E-state index in [9.17, 15) is 18.7 Å². The van der Waals surface area contributed by atoms with Gasteiger partial charge in [0.2, 0.25) is 5.43 Å². The van der Waals surface area contributed by atoms with Gasteiger partial charge in [0, 0.05) is 24.9 Å². The number of halogens is 2. The third kappa shape index (κ3) is 2.88. The first-order valence-electron chi connectivity index (χ1n) is 9.36. The molecule has 4 aromatic rings. The zero-order chi connectivity index (χ0) is 20.8. The predicted molar refractivity (Wildman–Crippen MR) is 105 cm³/mol. The van der Waals surface area contributed by atoms with Gasteiger partial charge in [-0.1, -0.05) is 24.3 Å². The molecule has 1 N–H and O–H groups in total. The van der Waals surface area contributed by atoms with E-state index in [2.05, 4.69) is 10.1 Å². The molecule has 2 aromatic heterocycles. The Hall–Kier alpha value is -3.81. The molecular weight excluding hydrogens is 390 g/mol. The van der Waals surface area contributed by atoms with Crippen molar-refractivity contribution in [2.45, 2.75) is 18.5 Å². The fourth-order valence-corrected chi connectivity index (χ4v) is 4.12. The number of fused-ring (bicyclic) bond motifs is 3. The van der Waals surface area contributed by atoms with Gasteiger partial charge in [0.15, 0.2) is 11.6 Å². The summed E-state index contributed by atoms with van der Waals surface area (Å²) in [4.78, 5) is 16.3. The molecule has 30 heavy (non-hydrogen) atoms. The Morgan fingerprint density at radius 1 is 1.07 bits per heavy atom. The van der Waals surface area contributed by atoms with Crippen LogP contribution in [0.25, 0.3) is 11.5 Å². The molecule has 1 aliphatic heterocycles. The summed E-state index contributed by atoms with van der Waals surface area (Å²) in [6.45, 7) is 0.413. The lowest BCUT2D eigenvalue weighted by molar-refractivity contribution is 0.331. The first-order chi connectivity index (χ1) is 14.5. The van der Waals surface area contributed by atoms with Crippen molar-refractivity contribution >= 4 is 0 Å². The summed E-state index contributed by atoms with van der Waals surface area (Å²) < 4.78 is 31.1. The molecule has 6 nitrogen and oxygen atoms in total. The highest BCUT2D eigenvalue weighted by molar-refractivity contribution is 5.60. The highest BCUT2D eigenvalue weighted by Gasteiger charge is 2.35. The third-order valence-corrected chi connectivity index (χ3v) is 5.43. The highest BCUT2D eigenvalue weighted by atomic mass is 19.1. The molecule has 0 spiro atoms. The van der Waals surface area contributed by atoms with Gasteiger partial charge in [-0.25, -0.2) is 13.8 Å². The second-order valence-electron chi connectivity index (χ2n) is 7.21. The minimum absolute atomic E-state index is 0.201. The monoisotopic (exact) mass is 406 g/mol. The van der Waals surface area contributed by atoms with Crippen molar-refractivity contribution < 1.29 is 13.9 Å². The van der Waals surface area contributed by atoms with Crippen LogP contribution in [0.3, 0.4) is 0 Å². The molecular formula is C22H16F2N4O2. The minimum atomic E-state index is -0.611. The maximum Gasteiger partial charge on any atom is 0.242 e. The second kappa shape index (κ2) is 6.91. The second-order valence-corrected chi connectivity index (χ2v) is 7.21. The van der Waals surface area contributed by atoms with Crippen LogP contribution in [0.15, 0.2) is 71.9 Å². The average molecular weight is 406 g/mol. The molecule has 2 atom stereocenters. The first-order valence-corrected chi connectivity index (χ1v) is 9.36. The largest absolute Gasteiger partial charge is 0.503 e. The quantitative estimate of drug-likeness (QED) is 0.565. The number of hydrogen-bond donors (Lipinski definition) is 1. The molecule has 2 aromatic carbocycles. The Morgan fingerprint density at radius 3 is 2.63 bits per heavy atom. The van der Waals surface area contributed by atoms with E-state index in [1.165, 1.54) is 24.3 Å². The summed E-state index contributed by atoms with van der Waals surface area (Å²) in [6.07, 6.45) is 4.38. The minimum Gasteiger partial charge on any atom is -0.503 e. The number of aromatic nitrogens is 4. The van der Waals surface area contributed by atoms with Gasteiger partial charge >= 0.3 is 0 Å². The van der Waals surface area contributed by atoms with Crippen LogP contribution in [0.4, 0.5) is 8.78 Å². The number of hydrogen-bond acceptors (Lipinski definition) is 4. The summed E-state index contributed by atoms with van der Waals surface area (Å²) in [5.41, 5.74) is 1.01. The summed E-state index contributed by atoms with van der Waals surface area (Å²) in [5.74, 6) is -1.22. The van der Waals surface area contributed by atoms with Gasteiger partial charge in [-0.3, -0.25) is 9.48 Å². The van der Waals surface area contributed by atoms with Gasteiger partial charge < -0.3 is 9.67 Å². The van der Waals surface area contributed by atoms with Crippen molar-refractivity contribution in [2.75, 3.05) is 0 Å². The normalized spacial score (nSPS) is 16.0. The van der Waals surface area contributed by atoms with Crippen LogP contribution < -0.4 is 5.43 Å². The van der Waals surface area contributed by atoms with E-state index < -0.39 is 29.0 Å². The molecule has 0 saturated carbocycles. The predicted octanol–water partition coefficient (Wildman–Crippen LogP) is 3.48. The Kier molecular flexibility index (Phi) is 4.20. The summed E-state index contributed by atoms with van der Waals surface area (Å²) in [6, 6.07) is 11.8. The summed E-state index contributed by atoms with van der Waals surface area (Å²) in [7, 11) is 0. The van der Waals surface area contributed by atoms with E-state index in [-0.39, 0.29) is 11.5 Å². The molecule has 150 valence electrons. The van der Waals surface area contributed by atoms with Crippen LogP contribution in [0.5, 0.6) is 5.75 Å². The van der Waals surface area contributed by atoms with Crippen molar-refractivity contribution in [3.05, 3.63) is 100 Å². The topological polar surface area (TPSA) is 72.9 Å². The molecule has 0 amide bonds. The van der Waals surface area contributed by atoms with E-state index in [4.69, 9.17) is 0 Å². The number of rotatable bonds is 3. The van der Waals surface area contributed by atoms with Crippen LogP contribution in [0.2, 0.25) is 0 Å². The zero-order valence-electron chi connectivity index (χ0n) is 15.6. The Balaban J connectivity index is 1.76. The van der Waals surface area contributed by atoms with Crippen LogP contribution in [-0.4, -0.2) is 24.4 Å². The average Bonchev–Trinajstić information content (AvgIpc) is 3.20. The molecule has 0 saturated heterocycles. The SMILES string of the molecule is O=c1cnn2c(c1O)-c1nccn1C[C@@H]2[C@@H](c1ccc(F)cc1)c1cccc(F)c1. The Bertz CT molecular complexity index is 1300. The molecule has 5 rings (SSSR count). The Morgan fingerprint density at radius 2 is 1.87 bits per heavy atom. The molecule has 0 aliphatic carbocycles. The van der Waals surface area contributed by atoms with E-state index in [1.807, 2.05) is 4.57 Å². The van der Waals surface area contributed by atoms with Gasteiger partial charge in [0.25, 0.3) is 0 Å². The molecule has 0 fully saturated rings. The van der Waals surface area contributed by atoms with E-state index in [0.29, 0.717) is 17.9 Å². The third-order valence-electron chi connectivity index (χ3n) is 5.43. The van der Waals surface area contributed by atoms with Gasteiger partial charge in [0.05, 0.1) is 12.2 Å². The van der Waals surface area contributed by atoms with Crippen molar-refractivity contribution in [3.63, 3.8) is 0 Å². The van der Waals surface area contributed by atoms with E-state index >= 15 is 0 Å². The number of aromatic hydroxyl groups is 1. The van der Waals surface area contributed by atoms with Crippen LogP contribution in [0, 0.1) is 11.6 Å². The maximum absolute atomic E-state index is 14.1. The molecule has 1 aliphatic rings. The molecule has 0 unspecified atom stereocenters. The number of benzene rings is 2. The van der Waals surface area contributed by atoms with E-state index in [1.54, 1.807) is 41.3 Å². The van der Waals surface area contributed by atoms with Crippen LogP contribution in [0.1, 0.15) is 23.1 Å². The smallest absolute Gasteiger partial charge is 0.242 e. The standard InChI is InChI=1S/C22H16F2N4O2/c23-15-6-4-13(5-7-15)19(14-2-1-3-16(24)10-14)17-12-27-9-8-25-22(27)20-21(30)18(29)11-26-28(17)20/h1-11,17,19,30H,12H2/t17-,19+/m1/s1. The van der Waals surface area contributed by atoms with Crippen molar-refractivity contribution in [2.24, 2.45) is 0 Å². The molecule has 3 heterocycles. The van der Waals surface area contributed by atoms with Gasteiger partial charge in [-0.2, -0.15) is 5.10 Å². The van der Waals surface area contributed by atoms with Crippen LogP contribution in [-0.2, 0) is 6.54 Å². The number of nitrogens with zero attached hydrogens (tertiary/aromatic N) is 4. The summed E-state index contributed by atoms with van der Waals surface area (Å²) in [5, 5.41) is 14.8. The highest BCUT2D eigenvalue weighted by Crippen LogP contribution is 2.42. The van der Waals surface area contributed by atoms with Gasteiger partial charge in [-0.05, 0) is 35.4 Å². The fraction of sp³-hybridized carbons (Fsp3) is 0.136. The lowest BCUT2D eigenvalue weighted by atomic mass is 9.84. The first kappa shape index (κ1) is 18.2. The fourth-order valence-electron chi connectivity index (χ4n) is 4.12. The van der Waals surface area contributed by atoms with Gasteiger partial charge in [0.1, 0.15) is 17.3 Å². The summed E-state index contributed by atoms with van der Waals surface area (Å²) >= 11 is 0. The molecule has 8 heteroatoms. The van der Waals surface area contributed by atoms with Crippen molar-refractivity contribution in [1.29, 1.82) is 0 Å². The number of imidazole rings is 1.